The highest BCUT2D eigenvalue weighted by atomic mass is 32.2. The predicted molar refractivity (Wildman–Crippen MR) is 210 cm³/mol. The fourth-order valence-electron chi connectivity index (χ4n) is 6.67. The molecule has 0 aliphatic carbocycles. The van der Waals surface area contributed by atoms with Gasteiger partial charge in [0, 0.05) is 42.2 Å². The maximum absolute atomic E-state index is 14.3. The molecule has 2 aromatic heterocycles. The summed E-state index contributed by atoms with van der Waals surface area (Å²) in [4.78, 5) is 56.5. The van der Waals surface area contributed by atoms with E-state index in [1.54, 1.807) is 36.7 Å². The van der Waals surface area contributed by atoms with Crippen molar-refractivity contribution < 1.29 is 42.9 Å². The number of esters is 1. The van der Waals surface area contributed by atoms with Gasteiger partial charge in [-0.05, 0) is 47.7 Å². The van der Waals surface area contributed by atoms with Crippen LogP contribution in [0.25, 0.3) is 11.5 Å². The quantitative estimate of drug-likeness (QED) is 0.0822. The number of nitrogens with zero attached hydrogens (tertiary/aromatic N) is 4. The fourth-order valence-corrected chi connectivity index (χ4v) is 7.51. The van der Waals surface area contributed by atoms with E-state index in [1.165, 1.54) is 30.7 Å². The van der Waals surface area contributed by atoms with Crippen molar-refractivity contribution in [2.45, 2.75) is 55.2 Å². The van der Waals surface area contributed by atoms with Crippen molar-refractivity contribution >= 4 is 41.5 Å². The summed E-state index contributed by atoms with van der Waals surface area (Å²) in [5, 5.41) is 24.6. The van der Waals surface area contributed by atoms with Gasteiger partial charge in [-0.15, -0.1) is 10.2 Å². The van der Waals surface area contributed by atoms with Crippen molar-refractivity contribution in [1.29, 1.82) is 0 Å². The van der Waals surface area contributed by atoms with E-state index in [9.17, 15) is 24.3 Å². The Morgan fingerprint density at radius 3 is 2.25 bits per heavy atom. The third kappa shape index (κ3) is 10.7. The first-order chi connectivity index (χ1) is 27.7. The third-order valence-corrected chi connectivity index (χ3v) is 10.3. The van der Waals surface area contributed by atoms with Crippen LogP contribution >= 0.6 is 11.8 Å². The number of carbonyl (C=O) groups is 4. The van der Waals surface area contributed by atoms with Crippen LogP contribution in [0, 0.1) is 0 Å². The lowest BCUT2D eigenvalue weighted by Crippen LogP contribution is -2.59. The molecule has 1 aliphatic heterocycles. The molecule has 5 aromatic rings. The van der Waals surface area contributed by atoms with Crippen LogP contribution in [0.15, 0.2) is 119 Å². The lowest BCUT2D eigenvalue weighted by Gasteiger charge is -2.43. The van der Waals surface area contributed by atoms with E-state index in [4.69, 9.17) is 18.6 Å². The molecule has 3 heterocycles. The van der Waals surface area contributed by atoms with E-state index in [-0.39, 0.29) is 24.1 Å². The van der Waals surface area contributed by atoms with Crippen molar-refractivity contribution in [1.82, 2.24) is 25.4 Å². The average molecular weight is 795 g/mol. The minimum atomic E-state index is -1.18. The minimum absolute atomic E-state index is 0.0185. The number of amides is 3. The Morgan fingerprint density at radius 2 is 1.60 bits per heavy atom. The van der Waals surface area contributed by atoms with Crippen molar-refractivity contribution in [2.75, 3.05) is 31.3 Å². The van der Waals surface area contributed by atoms with Crippen molar-refractivity contribution in [3.63, 3.8) is 0 Å². The molecule has 3 amide bonds. The highest BCUT2D eigenvalue weighted by Crippen LogP contribution is 2.32. The highest BCUT2D eigenvalue weighted by Gasteiger charge is 2.41. The molecule has 0 bridgehead atoms. The number of benzene rings is 3. The Bertz CT molecular complexity index is 2070. The second-order valence-corrected chi connectivity index (χ2v) is 14.1. The highest BCUT2D eigenvalue weighted by molar-refractivity contribution is 7.99. The summed E-state index contributed by atoms with van der Waals surface area (Å²) in [6.45, 7) is 1.08. The Hall–Kier alpha value is -6.26. The minimum Gasteiger partial charge on any atom is -0.465 e. The van der Waals surface area contributed by atoms with Crippen LogP contribution in [0.2, 0.25) is 0 Å². The van der Waals surface area contributed by atoms with E-state index in [0.717, 1.165) is 16.7 Å². The smallest absolute Gasteiger partial charge is 0.407 e. The molecule has 4 atom stereocenters. The molecule has 15 nitrogen and oxygen atoms in total. The number of alkyl carbamates (subject to hydrolysis) is 1. The largest absolute Gasteiger partial charge is 0.465 e. The number of carboxylic acid groups (broad SMARTS) is 1. The summed E-state index contributed by atoms with van der Waals surface area (Å²) in [7, 11) is 1.24. The number of aryl methyl sites for hydroxylation is 1. The number of methoxy groups -OCH3 is 1. The molecule has 3 N–H and O–H groups in total. The van der Waals surface area contributed by atoms with Crippen LogP contribution in [0.5, 0.6) is 0 Å². The van der Waals surface area contributed by atoms with Gasteiger partial charge in [-0.2, -0.15) is 0 Å². The van der Waals surface area contributed by atoms with Crippen LogP contribution in [-0.4, -0.2) is 99.6 Å². The zero-order chi connectivity index (χ0) is 40.1. The molecule has 1 saturated heterocycles. The van der Waals surface area contributed by atoms with Crippen LogP contribution in [-0.2, 0) is 30.2 Å². The number of thioether (sulfide) groups is 1. The first-order valence-electron chi connectivity index (χ1n) is 18.2. The first-order valence-corrected chi connectivity index (χ1v) is 19.2. The third-order valence-electron chi connectivity index (χ3n) is 9.41. The fraction of sp³-hybridized carbons (Fsp3) is 0.293. The van der Waals surface area contributed by atoms with Gasteiger partial charge in [0.2, 0.25) is 11.8 Å². The molecule has 0 unspecified atom stereocenters. The van der Waals surface area contributed by atoms with E-state index >= 15 is 0 Å². The maximum Gasteiger partial charge on any atom is 0.407 e. The number of hydrogen-bond donors (Lipinski definition) is 3. The standard InChI is InChI=1S/C41H42N6O9S/c1-26(48)54-24-33-34(25-57-40-46-45-38(56-40)30-19-21-42-22-20-30)55-31(23-47(33)41(51)52)18-17-27-11-9-10-16-32(27)43-37(49)36(44-39(50)53-2)35(28-12-5-3-6-13-28)29-14-7-4-8-15-29/h3-16,19-22,31,33-36H,17-18,23-25H2,1-2H3,(H,43,49)(H,44,50)(H,51,52)/t31-,33-,34-,36+/m1/s1. The zero-order valence-electron chi connectivity index (χ0n) is 31.2. The number of pyridine rings is 1. The van der Waals surface area contributed by atoms with Gasteiger partial charge in [0.25, 0.3) is 5.22 Å². The molecule has 3 aromatic carbocycles. The van der Waals surface area contributed by atoms with E-state index < -0.39 is 54.3 Å². The Labute approximate surface area is 333 Å². The summed E-state index contributed by atoms with van der Waals surface area (Å²) in [6, 6.07) is 27.8. The molecule has 1 fully saturated rings. The van der Waals surface area contributed by atoms with E-state index in [1.807, 2.05) is 72.8 Å². The molecular formula is C41H42N6O9S. The molecular weight excluding hydrogens is 753 g/mol. The molecule has 1 aliphatic rings. The Balaban J connectivity index is 1.19. The van der Waals surface area contributed by atoms with Crippen LogP contribution in [0.1, 0.15) is 36.0 Å². The zero-order valence-corrected chi connectivity index (χ0v) is 32.0. The molecule has 296 valence electrons. The van der Waals surface area contributed by atoms with Crippen LogP contribution in [0.3, 0.4) is 0 Å². The van der Waals surface area contributed by atoms with Gasteiger partial charge in [0.05, 0.1) is 31.9 Å². The number of nitrogens with one attached hydrogen (secondary N) is 2. The number of carbonyl (C=O) groups excluding carboxylic acids is 3. The summed E-state index contributed by atoms with van der Waals surface area (Å²) in [6.07, 6.45) is 0.787. The van der Waals surface area contributed by atoms with Gasteiger partial charge in [0.1, 0.15) is 12.6 Å². The number of ether oxygens (including phenoxy) is 3. The number of rotatable bonds is 15. The van der Waals surface area contributed by atoms with Crippen molar-refractivity contribution in [2.24, 2.45) is 0 Å². The molecule has 0 radical (unpaired) electrons. The van der Waals surface area contributed by atoms with Crippen LogP contribution in [0.4, 0.5) is 15.3 Å². The molecule has 6 rings (SSSR count). The van der Waals surface area contributed by atoms with Gasteiger partial charge in [-0.1, -0.05) is 90.6 Å². The predicted octanol–water partition coefficient (Wildman–Crippen LogP) is 6.03. The molecule has 57 heavy (non-hydrogen) atoms. The lowest BCUT2D eigenvalue weighted by molar-refractivity contribution is -0.151. The first kappa shape index (κ1) is 40.4. The normalized spacial score (nSPS) is 17.0. The number of aromatic nitrogens is 3. The van der Waals surface area contributed by atoms with Crippen molar-refractivity contribution in [3.05, 3.63) is 126 Å². The second kappa shape index (κ2) is 19.6. The molecule has 0 spiro atoms. The summed E-state index contributed by atoms with van der Waals surface area (Å²) in [5.74, 6) is -1.04. The number of morpholine rings is 1. The van der Waals surface area contributed by atoms with E-state index in [2.05, 4.69) is 25.8 Å². The topological polar surface area (TPSA) is 195 Å². The van der Waals surface area contributed by atoms with Gasteiger partial charge < -0.3 is 34.4 Å². The molecule has 16 heteroatoms. The number of para-hydroxylation sites is 1. The van der Waals surface area contributed by atoms with Crippen molar-refractivity contribution in [3.8, 4) is 11.5 Å². The Kier molecular flexibility index (Phi) is 13.9. The second-order valence-electron chi connectivity index (χ2n) is 13.1. The number of anilines is 1. The maximum atomic E-state index is 14.3. The summed E-state index contributed by atoms with van der Waals surface area (Å²) >= 11 is 1.20. The number of hydrogen-bond acceptors (Lipinski definition) is 12. The summed E-state index contributed by atoms with van der Waals surface area (Å²) in [5.41, 5.74) is 3.62. The van der Waals surface area contributed by atoms with Gasteiger partial charge in [-0.3, -0.25) is 19.5 Å². The summed E-state index contributed by atoms with van der Waals surface area (Å²) < 4.78 is 22.6. The average Bonchev–Trinajstić information content (AvgIpc) is 3.72. The van der Waals surface area contributed by atoms with E-state index in [0.29, 0.717) is 30.0 Å². The lowest BCUT2D eigenvalue weighted by atomic mass is 9.84. The van der Waals surface area contributed by atoms with Gasteiger partial charge in [0.15, 0.2) is 0 Å². The van der Waals surface area contributed by atoms with Crippen LogP contribution < -0.4 is 10.6 Å². The molecule has 0 saturated carbocycles. The SMILES string of the molecule is COC(=O)N[C@H](C(=O)Nc1ccccc1CC[C@@H]1CN(C(=O)O)[C@H](COC(C)=O)[C@@H](CSc2nnc(-c3ccncc3)o2)O1)C(c1ccccc1)c1ccccc1. The monoisotopic (exact) mass is 794 g/mol. The van der Waals surface area contributed by atoms with Gasteiger partial charge >= 0.3 is 18.2 Å². The van der Waals surface area contributed by atoms with Gasteiger partial charge in [-0.25, -0.2) is 9.59 Å². The Morgan fingerprint density at radius 1 is 0.930 bits per heavy atom.